The number of carbonyl (C=O) groups excluding carboxylic acids is 1. The van der Waals surface area contributed by atoms with E-state index in [1.807, 2.05) is 13.8 Å². The van der Waals surface area contributed by atoms with Crippen LogP contribution in [-0.2, 0) is 0 Å². The number of carbonyl (C=O) groups is 1. The SMILES string of the molecule is CC(C)C1(O)CN(C(=O)c2cc(Cl)ccc2Cl)C1. The normalized spacial score (nSPS) is 17.8. The van der Waals surface area contributed by atoms with Crippen molar-refractivity contribution in [2.45, 2.75) is 19.4 Å². The number of nitrogens with zero attached hydrogens (tertiary/aromatic N) is 1. The molecule has 0 unspecified atom stereocenters. The van der Waals surface area contributed by atoms with E-state index in [0.717, 1.165) is 0 Å². The van der Waals surface area contributed by atoms with E-state index in [2.05, 4.69) is 0 Å². The van der Waals surface area contributed by atoms with Crippen molar-refractivity contribution < 1.29 is 9.90 Å². The summed E-state index contributed by atoms with van der Waals surface area (Å²) in [5.41, 5.74) is -0.393. The number of likely N-dealkylation sites (tertiary alicyclic amines) is 1. The third kappa shape index (κ3) is 2.35. The highest BCUT2D eigenvalue weighted by molar-refractivity contribution is 6.35. The molecule has 0 radical (unpaired) electrons. The van der Waals surface area contributed by atoms with Crippen LogP contribution < -0.4 is 0 Å². The van der Waals surface area contributed by atoms with Crippen LogP contribution >= 0.6 is 23.2 Å². The molecular weight excluding hydrogens is 273 g/mol. The summed E-state index contributed by atoms with van der Waals surface area (Å²) in [4.78, 5) is 13.8. The lowest BCUT2D eigenvalue weighted by molar-refractivity contribution is -0.110. The van der Waals surface area contributed by atoms with Crippen molar-refractivity contribution in [3.63, 3.8) is 0 Å². The molecule has 1 saturated heterocycles. The highest BCUT2D eigenvalue weighted by Gasteiger charge is 2.46. The van der Waals surface area contributed by atoms with Crippen LogP contribution in [0.3, 0.4) is 0 Å². The van der Waals surface area contributed by atoms with Gasteiger partial charge >= 0.3 is 0 Å². The van der Waals surface area contributed by atoms with Gasteiger partial charge < -0.3 is 10.0 Å². The summed E-state index contributed by atoms with van der Waals surface area (Å²) in [5.74, 6) is -0.0655. The van der Waals surface area contributed by atoms with Crippen molar-refractivity contribution in [2.24, 2.45) is 5.92 Å². The van der Waals surface area contributed by atoms with E-state index < -0.39 is 5.60 Å². The summed E-state index contributed by atoms with van der Waals surface area (Å²) >= 11 is 11.8. The smallest absolute Gasteiger partial charge is 0.255 e. The summed E-state index contributed by atoms with van der Waals surface area (Å²) in [5, 5.41) is 11.0. The van der Waals surface area contributed by atoms with Crippen molar-refractivity contribution in [2.75, 3.05) is 13.1 Å². The molecule has 1 fully saturated rings. The van der Waals surface area contributed by atoms with Crippen LogP contribution in [0, 0.1) is 5.92 Å². The van der Waals surface area contributed by atoms with E-state index in [1.165, 1.54) is 0 Å². The van der Waals surface area contributed by atoms with Crippen LogP contribution in [0.1, 0.15) is 24.2 Å². The van der Waals surface area contributed by atoms with Gasteiger partial charge in [-0.05, 0) is 24.1 Å². The molecule has 0 saturated carbocycles. The second-order valence-corrected chi connectivity index (χ2v) is 5.89. The summed E-state index contributed by atoms with van der Waals surface area (Å²) in [6, 6.07) is 4.80. The van der Waals surface area contributed by atoms with Crippen molar-refractivity contribution in [1.82, 2.24) is 4.90 Å². The Labute approximate surface area is 116 Å². The Bertz CT molecular complexity index is 482. The fourth-order valence-corrected chi connectivity index (χ4v) is 2.33. The number of benzene rings is 1. The van der Waals surface area contributed by atoms with Crippen molar-refractivity contribution in [3.05, 3.63) is 33.8 Å². The predicted molar refractivity (Wildman–Crippen MR) is 72.2 cm³/mol. The van der Waals surface area contributed by atoms with Gasteiger partial charge in [0.2, 0.25) is 0 Å². The summed E-state index contributed by atoms with van der Waals surface area (Å²) in [6.45, 7) is 4.56. The van der Waals surface area contributed by atoms with Gasteiger partial charge in [0.25, 0.3) is 5.91 Å². The Kier molecular flexibility index (Phi) is 3.58. The van der Waals surface area contributed by atoms with Gasteiger partial charge in [-0.25, -0.2) is 0 Å². The number of amides is 1. The Balaban J connectivity index is 2.13. The highest BCUT2D eigenvalue weighted by atomic mass is 35.5. The fourth-order valence-electron chi connectivity index (χ4n) is 1.96. The minimum absolute atomic E-state index is 0.122. The van der Waals surface area contributed by atoms with Gasteiger partial charge in [-0.2, -0.15) is 0 Å². The quantitative estimate of drug-likeness (QED) is 0.909. The van der Waals surface area contributed by atoms with Gasteiger partial charge in [-0.3, -0.25) is 4.79 Å². The van der Waals surface area contributed by atoms with Crippen LogP contribution in [0.2, 0.25) is 10.0 Å². The zero-order chi connectivity index (χ0) is 13.5. The lowest BCUT2D eigenvalue weighted by Crippen LogP contribution is -2.65. The lowest BCUT2D eigenvalue weighted by Gasteiger charge is -2.49. The number of β-amino-alcohol motifs (C(OH)–C–C–N with tert-alkyl or cyclic N) is 1. The average molecular weight is 288 g/mol. The Morgan fingerprint density at radius 2 is 2.00 bits per heavy atom. The summed E-state index contributed by atoms with van der Waals surface area (Å²) < 4.78 is 0. The molecule has 1 N–H and O–H groups in total. The maximum Gasteiger partial charge on any atom is 0.255 e. The molecule has 1 heterocycles. The molecule has 1 aromatic rings. The summed E-state index contributed by atoms with van der Waals surface area (Å²) in [6.07, 6.45) is 0. The standard InChI is InChI=1S/C13H15Cl2NO2/c1-8(2)13(18)6-16(7-13)12(17)10-5-9(14)3-4-11(10)15/h3-5,8,18H,6-7H2,1-2H3. The van der Waals surface area contributed by atoms with Gasteiger partial charge in [0, 0.05) is 5.02 Å². The van der Waals surface area contributed by atoms with E-state index in [4.69, 9.17) is 23.2 Å². The number of hydrogen-bond acceptors (Lipinski definition) is 2. The Morgan fingerprint density at radius 3 is 2.56 bits per heavy atom. The third-order valence-corrected chi connectivity index (χ3v) is 4.01. The van der Waals surface area contributed by atoms with Gasteiger partial charge in [-0.15, -0.1) is 0 Å². The number of rotatable bonds is 2. The second kappa shape index (κ2) is 4.72. The molecule has 18 heavy (non-hydrogen) atoms. The molecule has 0 aliphatic carbocycles. The molecule has 0 aromatic heterocycles. The molecule has 0 bridgehead atoms. The molecule has 98 valence electrons. The van der Waals surface area contributed by atoms with Gasteiger partial charge in [-0.1, -0.05) is 37.0 Å². The molecule has 3 nitrogen and oxygen atoms in total. The van der Waals surface area contributed by atoms with E-state index in [-0.39, 0.29) is 11.8 Å². The molecule has 1 aromatic carbocycles. The largest absolute Gasteiger partial charge is 0.386 e. The van der Waals surface area contributed by atoms with Crippen LogP contribution in [0.4, 0.5) is 0 Å². The highest BCUT2D eigenvalue weighted by Crippen LogP contribution is 2.31. The summed E-state index contributed by atoms with van der Waals surface area (Å²) in [7, 11) is 0. The van der Waals surface area contributed by atoms with Crippen LogP contribution in [-0.4, -0.2) is 34.6 Å². The topological polar surface area (TPSA) is 40.5 Å². The molecule has 1 aliphatic heterocycles. The maximum atomic E-state index is 12.2. The van der Waals surface area contributed by atoms with Gasteiger partial charge in [0.05, 0.1) is 23.7 Å². The van der Waals surface area contributed by atoms with E-state index in [1.54, 1.807) is 23.1 Å². The number of halogens is 2. The molecule has 5 heteroatoms. The Morgan fingerprint density at radius 1 is 1.39 bits per heavy atom. The molecular formula is C13H15Cl2NO2. The van der Waals surface area contributed by atoms with Crippen molar-refractivity contribution >= 4 is 29.1 Å². The molecule has 0 atom stereocenters. The number of aliphatic hydroxyl groups is 1. The van der Waals surface area contributed by atoms with E-state index >= 15 is 0 Å². The average Bonchev–Trinajstić information content (AvgIpc) is 2.27. The zero-order valence-corrected chi connectivity index (χ0v) is 11.8. The number of hydrogen-bond donors (Lipinski definition) is 1. The first-order valence-electron chi connectivity index (χ1n) is 5.80. The zero-order valence-electron chi connectivity index (χ0n) is 10.3. The molecule has 0 spiro atoms. The van der Waals surface area contributed by atoms with Crippen molar-refractivity contribution in [1.29, 1.82) is 0 Å². The monoisotopic (exact) mass is 287 g/mol. The van der Waals surface area contributed by atoms with E-state index in [0.29, 0.717) is 28.7 Å². The Hall–Kier alpha value is -0.770. The van der Waals surface area contributed by atoms with Crippen LogP contribution in [0.25, 0.3) is 0 Å². The fraction of sp³-hybridized carbons (Fsp3) is 0.462. The van der Waals surface area contributed by atoms with Crippen LogP contribution in [0.15, 0.2) is 18.2 Å². The first kappa shape index (κ1) is 13.7. The molecule has 2 rings (SSSR count). The van der Waals surface area contributed by atoms with E-state index in [9.17, 15) is 9.90 Å². The lowest BCUT2D eigenvalue weighted by atomic mass is 9.82. The second-order valence-electron chi connectivity index (χ2n) is 5.04. The minimum Gasteiger partial charge on any atom is -0.386 e. The third-order valence-electron chi connectivity index (χ3n) is 3.45. The van der Waals surface area contributed by atoms with Crippen LogP contribution in [0.5, 0.6) is 0 Å². The van der Waals surface area contributed by atoms with Crippen molar-refractivity contribution in [3.8, 4) is 0 Å². The molecule has 1 amide bonds. The minimum atomic E-state index is -0.777. The maximum absolute atomic E-state index is 12.2. The molecule has 1 aliphatic rings. The first-order valence-corrected chi connectivity index (χ1v) is 6.56. The van der Waals surface area contributed by atoms with Gasteiger partial charge in [0.1, 0.15) is 5.60 Å². The first-order chi connectivity index (χ1) is 8.33. The van der Waals surface area contributed by atoms with Gasteiger partial charge in [0.15, 0.2) is 0 Å². The predicted octanol–water partition coefficient (Wildman–Crippen LogP) is 2.84.